The molecule has 1 amide bonds. The molecule has 148 valence electrons. The zero-order valence-electron chi connectivity index (χ0n) is 15.2. The highest BCUT2D eigenvalue weighted by molar-refractivity contribution is 5.85. The molecule has 0 aliphatic carbocycles. The summed E-state index contributed by atoms with van der Waals surface area (Å²) in [5.74, 6) is 0.0371. The van der Waals surface area contributed by atoms with Crippen molar-refractivity contribution >= 4 is 30.7 Å². The second kappa shape index (κ2) is 10.2. The van der Waals surface area contributed by atoms with Crippen LogP contribution < -0.4 is 10.6 Å². The van der Waals surface area contributed by atoms with Gasteiger partial charge in [0.2, 0.25) is 5.91 Å². The van der Waals surface area contributed by atoms with Gasteiger partial charge in [0, 0.05) is 13.1 Å². The summed E-state index contributed by atoms with van der Waals surface area (Å²) in [4.78, 5) is 16.6. The van der Waals surface area contributed by atoms with E-state index >= 15 is 0 Å². The Bertz CT molecular complexity index is 901. The lowest BCUT2D eigenvalue weighted by molar-refractivity contribution is -0.123. The Hall–Kier alpha value is -2.41. The van der Waals surface area contributed by atoms with E-state index in [-0.39, 0.29) is 36.8 Å². The maximum absolute atomic E-state index is 12.6. The average Bonchev–Trinajstić information content (AvgIpc) is 3.20. The van der Waals surface area contributed by atoms with E-state index in [4.69, 9.17) is 0 Å². The van der Waals surface area contributed by atoms with Crippen molar-refractivity contribution in [1.82, 2.24) is 25.4 Å². The molecule has 1 aromatic heterocycles. The number of hydrogen-bond acceptors (Lipinski definition) is 4. The standard InChI is InChI=1S/C20H21N5O.2ClH/c26-20(19-9-15-5-1-2-6-16(15)10-22-19)23-11-17-7-3-4-8-18(17)12-25-14-21-13-24-25;;/h1-8,13-14,19,22H,9-12H2,(H,23,26);2*1H. The molecule has 28 heavy (non-hydrogen) atoms. The minimum Gasteiger partial charge on any atom is -0.351 e. The first-order chi connectivity index (χ1) is 12.8. The van der Waals surface area contributed by atoms with Crippen LogP contribution in [0.4, 0.5) is 0 Å². The Morgan fingerprint density at radius 1 is 1.07 bits per heavy atom. The minimum atomic E-state index is -0.188. The molecule has 1 atom stereocenters. The largest absolute Gasteiger partial charge is 0.351 e. The van der Waals surface area contributed by atoms with Crippen molar-refractivity contribution in [2.75, 3.05) is 0 Å². The van der Waals surface area contributed by atoms with E-state index < -0.39 is 0 Å². The van der Waals surface area contributed by atoms with Crippen LogP contribution in [0.3, 0.4) is 0 Å². The van der Waals surface area contributed by atoms with Gasteiger partial charge in [-0.1, -0.05) is 48.5 Å². The summed E-state index contributed by atoms with van der Waals surface area (Å²) < 4.78 is 1.78. The van der Waals surface area contributed by atoms with Crippen LogP contribution >= 0.6 is 24.8 Å². The minimum absolute atomic E-state index is 0. The number of benzene rings is 2. The molecule has 0 radical (unpaired) electrons. The van der Waals surface area contributed by atoms with E-state index in [1.807, 2.05) is 30.3 Å². The lowest BCUT2D eigenvalue weighted by Crippen LogP contribution is -2.47. The summed E-state index contributed by atoms with van der Waals surface area (Å²) in [6.07, 6.45) is 3.94. The third-order valence-corrected chi connectivity index (χ3v) is 4.77. The maximum Gasteiger partial charge on any atom is 0.237 e. The number of hydrogen-bond donors (Lipinski definition) is 2. The van der Waals surface area contributed by atoms with Gasteiger partial charge in [-0.15, -0.1) is 24.8 Å². The molecule has 2 heterocycles. The van der Waals surface area contributed by atoms with Gasteiger partial charge in [0.25, 0.3) is 0 Å². The normalized spacial score (nSPS) is 14.9. The predicted octanol–water partition coefficient (Wildman–Crippen LogP) is 2.50. The molecule has 3 aromatic rings. The molecule has 2 aromatic carbocycles. The second-order valence-corrected chi connectivity index (χ2v) is 6.49. The molecule has 0 saturated carbocycles. The monoisotopic (exact) mass is 419 g/mol. The second-order valence-electron chi connectivity index (χ2n) is 6.49. The van der Waals surface area contributed by atoms with Crippen molar-refractivity contribution in [2.45, 2.75) is 32.1 Å². The van der Waals surface area contributed by atoms with Crippen LogP contribution in [0.2, 0.25) is 0 Å². The fourth-order valence-electron chi connectivity index (χ4n) is 3.32. The van der Waals surface area contributed by atoms with E-state index in [2.05, 4.69) is 38.9 Å². The molecule has 0 bridgehead atoms. The van der Waals surface area contributed by atoms with E-state index in [9.17, 15) is 4.79 Å². The fourth-order valence-corrected chi connectivity index (χ4v) is 3.32. The van der Waals surface area contributed by atoms with Crippen LogP contribution in [0.5, 0.6) is 0 Å². The molecule has 6 nitrogen and oxygen atoms in total. The van der Waals surface area contributed by atoms with E-state index in [0.717, 1.165) is 24.1 Å². The number of fused-ring (bicyclic) bond motifs is 1. The van der Waals surface area contributed by atoms with E-state index in [0.29, 0.717) is 13.1 Å². The summed E-state index contributed by atoms with van der Waals surface area (Å²) in [5.41, 5.74) is 4.74. The van der Waals surface area contributed by atoms with Crippen molar-refractivity contribution < 1.29 is 4.79 Å². The number of nitrogens with zero attached hydrogens (tertiary/aromatic N) is 3. The average molecular weight is 420 g/mol. The van der Waals surface area contributed by atoms with Gasteiger partial charge >= 0.3 is 0 Å². The Labute approximate surface area is 176 Å². The number of nitrogens with one attached hydrogen (secondary N) is 2. The highest BCUT2D eigenvalue weighted by Gasteiger charge is 2.23. The van der Waals surface area contributed by atoms with Gasteiger partial charge in [0.15, 0.2) is 0 Å². The first kappa shape index (κ1) is 21.9. The van der Waals surface area contributed by atoms with Crippen LogP contribution in [0, 0.1) is 0 Å². The molecule has 2 N–H and O–H groups in total. The van der Waals surface area contributed by atoms with Gasteiger partial charge in [0.1, 0.15) is 12.7 Å². The molecule has 1 aliphatic heterocycles. The van der Waals surface area contributed by atoms with E-state index in [1.54, 1.807) is 11.0 Å². The lowest BCUT2D eigenvalue weighted by atomic mass is 9.95. The third kappa shape index (κ3) is 5.10. The van der Waals surface area contributed by atoms with Gasteiger partial charge in [-0.05, 0) is 28.7 Å². The molecular formula is C20H23Cl2N5O. The Morgan fingerprint density at radius 2 is 1.79 bits per heavy atom. The van der Waals surface area contributed by atoms with Crippen molar-refractivity contribution in [3.8, 4) is 0 Å². The number of rotatable bonds is 5. The molecule has 0 fully saturated rings. The van der Waals surface area contributed by atoms with Crippen molar-refractivity contribution in [3.63, 3.8) is 0 Å². The Morgan fingerprint density at radius 3 is 2.54 bits per heavy atom. The number of carbonyl (C=O) groups is 1. The van der Waals surface area contributed by atoms with Gasteiger partial charge < -0.3 is 10.6 Å². The highest BCUT2D eigenvalue weighted by atomic mass is 35.5. The van der Waals surface area contributed by atoms with Crippen LogP contribution in [0.15, 0.2) is 61.2 Å². The molecule has 8 heteroatoms. The molecule has 0 saturated heterocycles. The molecule has 1 unspecified atom stereocenters. The molecule has 0 spiro atoms. The van der Waals surface area contributed by atoms with Crippen LogP contribution in [0.25, 0.3) is 0 Å². The van der Waals surface area contributed by atoms with Crippen molar-refractivity contribution in [3.05, 3.63) is 83.4 Å². The Kier molecular flexibility index (Phi) is 7.99. The smallest absolute Gasteiger partial charge is 0.237 e. The summed E-state index contributed by atoms with van der Waals surface area (Å²) in [6.45, 7) is 1.88. The quantitative estimate of drug-likeness (QED) is 0.666. The molecule has 1 aliphatic rings. The number of amides is 1. The number of halogens is 2. The first-order valence-electron chi connectivity index (χ1n) is 8.76. The van der Waals surface area contributed by atoms with Gasteiger partial charge in [-0.2, -0.15) is 5.10 Å². The van der Waals surface area contributed by atoms with Gasteiger partial charge in [-0.3, -0.25) is 4.79 Å². The zero-order chi connectivity index (χ0) is 17.8. The number of carbonyl (C=O) groups excluding carboxylic acids is 1. The Balaban J connectivity index is 0.00000140. The first-order valence-corrected chi connectivity index (χ1v) is 8.76. The summed E-state index contributed by atoms with van der Waals surface area (Å²) in [6, 6.07) is 16.2. The zero-order valence-corrected chi connectivity index (χ0v) is 16.9. The van der Waals surface area contributed by atoms with Crippen molar-refractivity contribution in [1.29, 1.82) is 0 Å². The van der Waals surface area contributed by atoms with Gasteiger partial charge in [-0.25, -0.2) is 9.67 Å². The fraction of sp³-hybridized carbons (Fsp3) is 0.250. The van der Waals surface area contributed by atoms with Crippen molar-refractivity contribution in [2.24, 2.45) is 0 Å². The third-order valence-electron chi connectivity index (χ3n) is 4.77. The SMILES string of the molecule is Cl.Cl.O=C(NCc1ccccc1Cn1cncn1)C1Cc2ccccc2CN1. The molecule has 4 rings (SSSR count). The van der Waals surface area contributed by atoms with Crippen LogP contribution in [0.1, 0.15) is 22.3 Å². The summed E-state index contributed by atoms with van der Waals surface area (Å²) in [7, 11) is 0. The highest BCUT2D eigenvalue weighted by Crippen LogP contribution is 2.16. The van der Waals surface area contributed by atoms with Gasteiger partial charge in [0.05, 0.1) is 12.6 Å². The topological polar surface area (TPSA) is 71.8 Å². The van der Waals surface area contributed by atoms with E-state index in [1.165, 1.54) is 17.5 Å². The van der Waals surface area contributed by atoms with Crippen LogP contribution in [-0.4, -0.2) is 26.7 Å². The molecular weight excluding hydrogens is 397 g/mol. The van der Waals surface area contributed by atoms with Crippen LogP contribution in [-0.2, 0) is 30.8 Å². The maximum atomic E-state index is 12.6. The lowest BCUT2D eigenvalue weighted by Gasteiger charge is -2.25. The number of aromatic nitrogens is 3. The summed E-state index contributed by atoms with van der Waals surface area (Å²) >= 11 is 0. The predicted molar refractivity (Wildman–Crippen MR) is 113 cm³/mol. The summed E-state index contributed by atoms with van der Waals surface area (Å²) in [5, 5.41) is 10.6.